The van der Waals surface area contributed by atoms with Crippen LogP contribution in [0.15, 0.2) is 24.7 Å². The van der Waals surface area contributed by atoms with E-state index in [2.05, 4.69) is 29.2 Å². The van der Waals surface area contributed by atoms with Gasteiger partial charge in [0.05, 0.1) is 23.6 Å². The molecule has 0 bridgehead atoms. The lowest BCUT2D eigenvalue weighted by Gasteiger charge is -2.08. The van der Waals surface area contributed by atoms with Crippen LogP contribution in [-0.2, 0) is 6.54 Å². The summed E-state index contributed by atoms with van der Waals surface area (Å²) in [6.45, 7) is 8.91. The van der Waals surface area contributed by atoms with Crippen molar-refractivity contribution in [3.8, 4) is 0 Å². The maximum atomic E-state index is 12.3. The lowest BCUT2D eigenvalue weighted by molar-refractivity contribution is 0.102. The molecule has 2 aromatic heterocycles. The number of anilines is 1. The quantitative estimate of drug-likeness (QED) is 0.931. The number of hydrogen-bond donors (Lipinski definition) is 1. The fourth-order valence-electron chi connectivity index (χ4n) is 2.02. The van der Waals surface area contributed by atoms with Crippen molar-refractivity contribution in [3.05, 3.63) is 41.5 Å². The molecule has 2 heterocycles. The zero-order valence-electron chi connectivity index (χ0n) is 12.3. The van der Waals surface area contributed by atoms with E-state index in [0.29, 0.717) is 17.2 Å². The fourth-order valence-corrected chi connectivity index (χ4v) is 2.02. The first-order valence-corrected chi connectivity index (χ1v) is 6.72. The van der Waals surface area contributed by atoms with Gasteiger partial charge in [-0.15, -0.1) is 0 Å². The van der Waals surface area contributed by atoms with Crippen molar-refractivity contribution in [1.29, 1.82) is 0 Å². The molecule has 0 aliphatic heterocycles. The van der Waals surface area contributed by atoms with Crippen LogP contribution in [0.2, 0.25) is 0 Å². The minimum absolute atomic E-state index is 0.148. The van der Waals surface area contributed by atoms with Crippen molar-refractivity contribution >= 4 is 11.6 Å². The van der Waals surface area contributed by atoms with Gasteiger partial charge in [-0.25, -0.2) is 0 Å². The maximum absolute atomic E-state index is 12.3. The van der Waals surface area contributed by atoms with E-state index in [-0.39, 0.29) is 5.91 Å². The normalized spacial score (nSPS) is 10.8. The number of nitrogens with one attached hydrogen (secondary N) is 1. The van der Waals surface area contributed by atoms with Crippen LogP contribution in [0.4, 0.5) is 5.69 Å². The molecule has 106 valence electrons. The van der Waals surface area contributed by atoms with Gasteiger partial charge in [-0.2, -0.15) is 5.10 Å². The Morgan fingerprint density at radius 3 is 2.70 bits per heavy atom. The number of nitrogens with zero attached hydrogens (tertiary/aromatic N) is 3. The van der Waals surface area contributed by atoms with Gasteiger partial charge in [0.1, 0.15) is 0 Å². The van der Waals surface area contributed by atoms with Gasteiger partial charge in [-0.1, -0.05) is 13.8 Å². The summed E-state index contributed by atoms with van der Waals surface area (Å²) in [6.07, 6.45) is 5.01. The lowest BCUT2D eigenvalue weighted by atomic mass is 10.2. The monoisotopic (exact) mass is 272 g/mol. The van der Waals surface area contributed by atoms with Gasteiger partial charge in [0, 0.05) is 18.4 Å². The summed E-state index contributed by atoms with van der Waals surface area (Å²) in [5.74, 6) is 0.343. The van der Waals surface area contributed by atoms with Crippen molar-refractivity contribution in [2.75, 3.05) is 5.32 Å². The Labute approximate surface area is 119 Å². The molecule has 0 aromatic carbocycles. The summed E-state index contributed by atoms with van der Waals surface area (Å²) in [6, 6.07) is 1.89. The topological polar surface area (TPSA) is 59.8 Å². The Morgan fingerprint density at radius 1 is 1.30 bits per heavy atom. The first kappa shape index (κ1) is 14.2. The second-order valence-electron chi connectivity index (χ2n) is 5.42. The van der Waals surface area contributed by atoms with Crippen LogP contribution in [0.3, 0.4) is 0 Å². The molecule has 1 amide bonds. The van der Waals surface area contributed by atoms with Gasteiger partial charge in [-0.3, -0.25) is 14.5 Å². The molecule has 0 radical (unpaired) electrons. The Balaban J connectivity index is 2.15. The second-order valence-corrected chi connectivity index (χ2v) is 5.42. The SMILES string of the molecule is Cc1cncc(NC(=O)c2cnn(CC(C)C)c2C)c1. The summed E-state index contributed by atoms with van der Waals surface area (Å²) in [5, 5.41) is 7.13. The molecule has 0 aliphatic rings. The largest absolute Gasteiger partial charge is 0.320 e. The number of amides is 1. The van der Waals surface area contributed by atoms with Crippen LogP contribution >= 0.6 is 0 Å². The molecule has 0 fully saturated rings. The third-order valence-corrected chi connectivity index (χ3v) is 3.02. The highest BCUT2D eigenvalue weighted by atomic mass is 16.1. The van der Waals surface area contributed by atoms with Crippen LogP contribution in [-0.4, -0.2) is 20.7 Å². The first-order valence-electron chi connectivity index (χ1n) is 6.72. The molecular weight excluding hydrogens is 252 g/mol. The predicted octanol–water partition coefficient (Wildman–Crippen LogP) is 2.80. The fraction of sp³-hybridized carbons (Fsp3) is 0.400. The van der Waals surface area contributed by atoms with Crippen molar-refractivity contribution in [2.24, 2.45) is 5.92 Å². The molecule has 0 saturated carbocycles. The number of carbonyl (C=O) groups is 1. The van der Waals surface area contributed by atoms with E-state index >= 15 is 0 Å². The van der Waals surface area contributed by atoms with E-state index in [1.165, 1.54) is 0 Å². The molecule has 20 heavy (non-hydrogen) atoms. The molecule has 5 heteroatoms. The van der Waals surface area contributed by atoms with Crippen LogP contribution < -0.4 is 5.32 Å². The summed E-state index contributed by atoms with van der Waals surface area (Å²) < 4.78 is 1.87. The number of aryl methyl sites for hydroxylation is 1. The number of hydrogen-bond acceptors (Lipinski definition) is 3. The van der Waals surface area contributed by atoms with Gasteiger partial charge >= 0.3 is 0 Å². The van der Waals surface area contributed by atoms with E-state index in [4.69, 9.17) is 0 Å². The molecule has 0 spiro atoms. The molecule has 0 aliphatic carbocycles. The van der Waals surface area contributed by atoms with Crippen molar-refractivity contribution < 1.29 is 4.79 Å². The van der Waals surface area contributed by atoms with Crippen molar-refractivity contribution in [2.45, 2.75) is 34.2 Å². The van der Waals surface area contributed by atoms with Crippen LogP contribution in [0.5, 0.6) is 0 Å². The van der Waals surface area contributed by atoms with Crippen LogP contribution in [0, 0.1) is 19.8 Å². The van der Waals surface area contributed by atoms with Gasteiger partial charge in [0.25, 0.3) is 5.91 Å². The highest BCUT2D eigenvalue weighted by molar-refractivity contribution is 6.04. The number of carbonyl (C=O) groups excluding carboxylic acids is 1. The molecule has 2 aromatic rings. The molecule has 0 unspecified atom stereocenters. The smallest absolute Gasteiger partial charge is 0.259 e. The third kappa shape index (κ3) is 3.23. The zero-order chi connectivity index (χ0) is 14.7. The maximum Gasteiger partial charge on any atom is 0.259 e. The summed E-state index contributed by atoms with van der Waals surface area (Å²) in [7, 11) is 0. The average molecular weight is 272 g/mol. The second kappa shape index (κ2) is 5.86. The van der Waals surface area contributed by atoms with Gasteiger partial charge in [-0.05, 0) is 31.4 Å². The standard InChI is InChI=1S/C15H20N4O/c1-10(2)9-19-12(4)14(8-17-19)15(20)18-13-5-11(3)6-16-7-13/h5-8,10H,9H2,1-4H3,(H,18,20). The van der Waals surface area contributed by atoms with E-state index in [9.17, 15) is 4.79 Å². The third-order valence-electron chi connectivity index (χ3n) is 3.02. The highest BCUT2D eigenvalue weighted by Crippen LogP contribution is 2.13. The predicted molar refractivity (Wildman–Crippen MR) is 78.7 cm³/mol. The molecule has 0 atom stereocenters. The lowest BCUT2D eigenvalue weighted by Crippen LogP contribution is -2.14. The summed E-state index contributed by atoms with van der Waals surface area (Å²) >= 11 is 0. The van der Waals surface area contributed by atoms with Crippen molar-refractivity contribution in [3.63, 3.8) is 0 Å². The molecule has 5 nitrogen and oxygen atoms in total. The van der Waals surface area contributed by atoms with E-state index in [0.717, 1.165) is 17.8 Å². The van der Waals surface area contributed by atoms with Gasteiger partial charge < -0.3 is 5.32 Å². The Bertz CT molecular complexity index is 616. The minimum Gasteiger partial charge on any atom is -0.320 e. The average Bonchev–Trinajstić information content (AvgIpc) is 2.70. The molecular formula is C15H20N4O. The summed E-state index contributed by atoms with van der Waals surface area (Å²) in [4.78, 5) is 16.3. The van der Waals surface area contributed by atoms with Gasteiger partial charge in [0.15, 0.2) is 0 Å². The number of aromatic nitrogens is 3. The van der Waals surface area contributed by atoms with E-state index in [1.807, 2.05) is 24.6 Å². The number of pyridine rings is 1. The van der Waals surface area contributed by atoms with Crippen molar-refractivity contribution in [1.82, 2.24) is 14.8 Å². The molecule has 2 rings (SSSR count). The van der Waals surface area contributed by atoms with Crippen LogP contribution in [0.1, 0.15) is 35.5 Å². The highest BCUT2D eigenvalue weighted by Gasteiger charge is 2.15. The molecule has 1 N–H and O–H groups in total. The van der Waals surface area contributed by atoms with Gasteiger partial charge in [0.2, 0.25) is 0 Å². The summed E-state index contributed by atoms with van der Waals surface area (Å²) in [5.41, 5.74) is 3.20. The number of rotatable bonds is 4. The zero-order valence-corrected chi connectivity index (χ0v) is 12.3. The Kier molecular flexibility index (Phi) is 4.17. The van der Waals surface area contributed by atoms with Crippen LogP contribution in [0.25, 0.3) is 0 Å². The Hall–Kier alpha value is -2.17. The Morgan fingerprint density at radius 2 is 2.05 bits per heavy atom. The first-order chi connectivity index (χ1) is 9.47. The van der Waals surface area contributed by atoms with E-state index < -0.39 is 0 Å². The van der Waals surface area contributed by atoms with E-state index in [1.54, 1.807) is 18.6 Å². The minimum atomic E-state index is -0.148. The molecule has 0 saturated heterocycles.